The summed E-state index contributed by atoms with van der Waals surface area (Å²) in [4.78, 5) is 24.5. The molecule has 0 aromatic heterocycles. The van der Waals surface area contributed by atoms with Gasteiger partial charge in [-0.15, -0.1) is 0 Å². The van der Waals surface area contributed by atoms with Gasteiger partial charge in [-0.05, 0) is 24.1 Å². The van der Waals surface area contributed by atoms with Gasteiger partial charge in [0, 0.05) is 19.5 Å². The maximum atomic E-state index is 11.9. The van der Waals surface area contributed by atoms with E-state index in [1.54, 1.807) is 12.0 Å². The van der Waals surface area contributed by atoms with E-state index in [1.807, 2.05) is 18.2 Å². The van der Waals surface area contributed by atoms with Crippen molar-refractivity contribution >= 4 is 11.9 Å². The summed E-state index contributed by atoms with van der Waals surface area (Å²) < 4.78 is 11.0. The molecule has 0 unspecified atom stereocenters. The molecule has 0 radical (unpaired) electrons. The fourth-order valence-electron chi connectivity index (χ4n) is 2.57. The topological polar surface area (TPSA) is 76.1 Å². The summed E-state index contributed by atoms with van der Waals surface area (Å²) in [5, 5.41) is 9.02. The van der Waals surface area contributed by atoms with Crippen LogP contribution in [0.25, 0.3) is 0 Å². The summed E-state index contributed by atoms with van der Waals surface area (Å²) in [5.74, 6) is -0.348. The molecule has 1 fully saturated rings. The molecule has 1 N–H and O–H groups in total. The zero-order chi connectivity index (χ0) is 16.8. The van der Waals surface area contributed by atoms with E-state index in [1.165, 1.54) is 0 Å². The number of carboxylic acid groups (broad SMARTS) is 1. The molecule has 1 aliphatic heterocycles. The average Bonchev–Trinajstić information content (AvgIpc) is 2.90. The third kappa shape index (κ3) is 4.37. The normalized spacial score (nSPS) is 17.4. The number of nitrogens with zero attached hydrogens (tertiary/aromatic N) is 1. The van der Waals surface area contributed by atoms with Gasteiger partial charge in [0.2, 0.25) is 5.91 Å². The van der Waals surface area contributed by atoms with Crippen LogP contribution >= 0.6 is 0 Å². The molecule has 0 bridgehead atoms. The predicted molar refractivity (Wildman–Crippen MR) is 84.6 cm³/mol. The minimum absolute atomic E-state index is 0.0741. The number of amides is 1. The quantitative estimate of drug-likeness (QED) is 0.744. The molecule has 6 heteroatoms. The number of carbonyl (C=O) groups excluding carboxylic acids is 1. The SMILES string of the molecule is CCCCOc1ccc(CN2C[C@@H](C(=O)O)CC2=O)cc1OC. The summed E-state index contributed by atoms with van der Waals surface area (Å²) in [6, 6.07) is 5.55. The van der Waals surface area contributed by atoms with Crippen molar-refractivity contribution in [3.05, 3.63) is 23.8 Å². The smallest absolute Gasteiger partial charge is 0.308 e. The summed E-state index contributed by atoms with van der Waals surface area (Å²) in [7, 11) is 1.58. The highest BCUT2D eigenvalue weighted by Crippen LogP contribution is 2.29. The molecule has 0 saturated carbocycles. The van der Waals surface area contributed by atoms with Gasteiger partial charge in [-0.3, -0.25) is 9.59 Å². The van der Waals surface area contributed by atoms with Gasteiger partial charge >= 0.3 is 5.97 Å². The first-order valence-corrected chi connectivity index (χ1v) is 7.85. The van der Waals surface area contributed by atoms with Crippen LogP contribution in [-0.2, 0) is 16.1 Å². The maximum Gasteiger partial charge on any atom is 0.308 e. The molecule has 0 spiro atoms. The number of carboxylic acids is 1. The fourth-order valence-corrected chi connectivity index (χ4v) is 2.57. The number of hydrogen-bond acceptors (Lipinski definition) is 4. The molecule has 1 aromatic rings. The Balaban J connectivity index is 2.03. The highest BCUT2D eigenvalue weighted by atomic mass is 16.5. The third-order valence-corrected chi connectivity index (χ3v) is 3.92. The molecular formula is C17H23NO5. The van der Waals surface area contributed by atoms with Crippen LogP contribution < -0.4 is 9.47 Å². The number of carbonyl (C=O) groups is 2. The summed E-state index contributed by atoms with van der Waals surface area (Å²) in [5.41, 5.74) is 0.893. The number of benzene rings is 1. The number of methoxy groups -OCH3 is 1. The van der Waals surface area contributed by atoms with E-state index in [0.717, 1.165) is 18.4 Å². The molecule has 0 aliphatic carbocycles. The average molecular weight is 321 g/mol. The maximum absolute atomic E-state index is 11.9. The standard InChI is InChI=1S/C17H23NO5/c1-3-4-7-23-14-6-5-12(8-15(14)22-2)10-18-11-13(17(20)21)9-16(18)19/h5-6,8,13H,3-4,7,9-11H2,1-2H3,(H,20,21)/t13-/m0/s1. The Hall–Kier alpha value is -2.24. The van der Waals surface area contributed by atoms with Crippen molar-refractivity contribution in [2.45, 2.75) is 32.7 Å². The fraction of sp³-hybridized carbons (Fsp3) is 0.529. The lowest BCUT2D eigenvalue weighted by molar-refractivity contribution is -0.141. The van der Waals surface area contributed by atoms with E-state index >= 15 is 0 Å². The van der Waals surface area contributed by atoms with Crippen molar-refractivity contribution in [3.8, 4) is 11.5 Å². The van der Waals surface area contributed by atoms with Crippen molar-refractivity contribution in [3.63, 3.8) is 0 Å². The first-order chi connectivity index (χ1) is 11.0. The van der Waals surface area contributed by atoms with E-state index in [0.29, 0.717) is 24.7 Å². The van der Waals surface area contributed by atoms with Gasteiger partial charge in [-0.2, -0.15) is 0 Å². The summed E-state index contributed by atoms with van der Waals surface area (Å²) >= 11 is 0. The summed E-state index contributed by atoms with van der Waals surface area (Å²) in [6.45, 7) is 3.37. The zero-order valence-corrected chi connectivity index (χ0v) is 13.6. The number of ether oxygens (including phenoxy) is 2. The monoisotopic (exact) mass is 321 g/mol. The number of likely N-dealkylation sites (tertiary alicyclic amines) is 1. The Morgan fingerprint density at radius 3 is 2.78 bits per heavy atom. The number of hydrogen-bond donors (Lipinski definition) is 1. The highest BCUT2D eigenvalue weighted by Gasteiger charge is 2.34. The molecular weight excluding hydrogens is 298 g/mol. The second-order valence-electron chi connectivity index (χ2n) is 5.70. The second kappa shape index (κ2) is 7.85. The van der Waals surface area contributed by atoms with Crippen molar-refractivity contribution in [2.24, 2.45) is 5.92 Å². The molecule has 1 heterocycles. The molecule has 23 heavy (non-hydrogen) atoms. The van der Waals surface area contributed by atoms with Gasteiger partial charge in [0.15, 0.2) is 11.5 Å². The lowest BCUT2D eigenvalue weighted by Gasteiger charge is -2.17. The van der Waals surface area contributed by atoms with Crippen LogP contribution in [0, 0.1) is 5.92 Å². The van der Waals surface area contributed by atoms with Crippen LogP contribution in [0.4, 0.5) is 0 Å². The van der Waals surface area contributed by atoms with E-state index in [-0.39, 0.29) is 18.9 Å². The van der Waals surface area contributed by atoms with Gasteiger partial charge in [-0.25, -0.2) is 0 Å². The second-order valence-corrected chi connectivity index (χ2v) is 5.70. The van der Waals surface area contributed by atoms with Crippen LogP contribution in [0.2, 0.25) is 0 Å². The van der Waals surface area contributed by atoms with Gasteiger partial charge in [0.1, 0.15) is 0 Å². The molecule has 1 aliphatic rings. The van der Waals surface area contributed by atoms with E-state index in [9.17, 15) is 9.59 Å². The first-order valence-electron chi connectivity index (χ1n) is 7.85. The van der Waals surface area contributed by atoms with Crippen molar-refractivity contribution in [2.75, 3.05) is 20.3 Å². The van der Waals surface area contributed by atoms with Crippen molar-refractivity contribution in [1.82, 2.24) is 4.90 Å². The Morgan fingerprint density at radius 2 is 2.17 bits per heavy atom. The molecule has 1 atom stereocenters. The van der Waals surface area contributed by atoms with Crippen LogP contribution in [0.3, 0.4) is 0 Å². The third-order valence-electron chi connectivity index (χ3n) is 3.92. The Morgan fingerprint density at radius 1 is 1.39 bits per heavy atom. The number of unbranched alkanes of at least 4 members (excludes halogenated alkanes) is 1. The van der Waals surface area contributed by atoms with Gasteiger partial charge in [0.05, 0.1) is 19.6 Å². The van der Waals surface area contributed by atoms with E-state index in [4.69, 9.17) is 14.6 Å². The number of rotatable bonds is 8. The highest BCUT2D eigenvalue weighted by molar-refractivity contribution is 5.86. The van der Waals surface area contributed by atoms with Gasteiger partial charge < -0.3 is 19.5 Å². The Bertz CT molecular complexity index is 572. The minimum atomic E-state index is -0.918. The minimum Gasteiger partial charge on any atom is -0.493 e. The Labute approximate surface area is 136 Å². The molecule has 126 valence electrons. The molecule has 1 saturated heterocycles. The van der Waals surface area contributed by atoms with Crippen LogP contribution in [0.15, 0.2) is 18.2 Å². The van der Waals surface area contributed by atoms with Crippen LogP contribution in [0.5, 0.6) is 11.5 Å². The van der Waals surface area contributed by atoms with Crippen LogP contribution in [-0.4, -0.2) is 42.1 Å². The molecule has 1 amide bonds. The van der Waals surface area contributed by atoms with E-state index < -0.39 is 11.9 Å². The van der Waals surface area contributed by atoms with Crippen molar-refractivity contribution in [1.29, 1.82) is 0 Å². The molecule has 1 aromatic carbocycles. The molecule has 6 nitrogen and oxygen atoms in total. The largest absolute Gasteiger partial charge is 0.493 e. The lowest BCUT2D eigenvalue weighted by Crippen LogP contribution is -2.25. The Kier molecular flexibility index (Phi) is 5.84. The number of aliphatic carboxylic acids is 1. The lowest BCUT2D eigenvalue weighted by atomic mass is 10.1. The van der Waals surface area contributed by atoms with E-state index in [2.05, 4.69) is 6.92 Å². The van der Waals surface area contributed by atoms with Crippen LogP contribution in [0.1, 0.15) is 31.7 Å². The zero-order valence-electron chi connectivity index (χ0n) is 13.6. The predicted octanol–water partition coefficient (Wildman–Crippen LogP) is 2.31. The molecule has 2 rings (SSSR count). The summed E-state index contributed by atoms with van der Waals surface area (Å²) in [6.07, 6.45) is 2.11. The van der Waals surface area contributed by atoms with Gasteiger partial charge in [-0.1, -0.05) is 19.4 Å². The van der Waals surface area contributed by atoms with Gasteiger partial charge in [0.25, 0.3) is 0 Å². The van der Waals surface area contributed by atoms with Crippen molar-refractivity contribution < 1.29 is 24.2 Å². The first kappa shape index (κ1) is 17.1.